The number of halogens is 2. The molecule has 0 fully saturated rings. The van der Waals surface area contributed by atoms with Crippen LogP contribution in [0, 0.1) is 5.82 Å². The van der Waals surface area contributed by atoms with Gasteiger partial charge in [-0.05, 0) is 48.7 Å². The monoisotopic (exact) mass is 550 g/mol. The fourth-order valence-electron chi connectivity index (χ4n) is 2.87. The first-order valence-corrected chi connectivity index (χ1v) is 10.3. The number of hydrogen-bond acceptors (Lipinski definition) is 4. The van der Waals surface area contributed by atoms with Crippen molar-refractivity contribution in [1.82, 2.24) is 15.6 Å². The fraction of sp³-hybridized carbons (Fsp3) is 0.250. The summed E-state index contributed by atoms with van der Waals surface area (Å²) < 4.78 is 18.6. The molecule has 1 heterocycles. The Morgan fingerprint density at radius 2 is 1.81 bits per heavy atom. The number of ether oxygens (including phenoxy) is 1. The van der Waals surface area contributed by atoms with E-state index in [9.17, 15) is 9.50 Å². The highest BCUT2D eigenvalue weighted by Gasteiger charge is 2.07. The summed E-state index contributed by atoms with van der Waals surface area (Å²) in [6.45, 7) is 3.76. The third-order valence-electron chi connectivity index (χ3n) is 4.49. The Balaban J connectivity index is 0.00000363. The highest BCUT2D eigenvalue weighted by atomic mass is 127. The van der Waals surface area contributed by atoms with E-state index in [1.807, 2.05) is 43.3 Å². The molecule has 3 N–H and O–H groups in total. The minimum Gasteiger partial charge on any atom is -0.439 e. The van der Waals surface area contributed by atoms with E-state index < -0.39 is 6.10 Å². The first kappa shape index (κ1) is 25.5. The molecule has 0 aliphatic rings. The second-order valence-corrected chi connectivity index (χ2v) is 6.90. The zero-order chi connectivity index (χ0) is 21.9. The van der Waals surface area contributed by atoms with Gasteiger partial charge in [0, 0.05) is 25.4 Å². The molecule has 0 aliphatic heterocycles. The number of nitrogens with one attached hydrogen (secondary N) is 2. The number of guanidine groups is 1. The van der Waals surface area contributed by atoms with Crippen molar-refractivity contribution in [2.75, 3.05) is 13.1 Å². The maximum absolute atomic E-state index is 13.0. The standard InChI is InChI=1S/C24H27FN4O2.HI/c1-2-26-24(27-15-14-22(30)19-6-4-3-5-7-19)29-17-18-8-13-23(28-16-18)31-21-11-9-20(25)10-12-21;/h3-13,16,22,30H,2,14-15,17H2,1H3,(H2,26,27,29);1H. The zero-order valence-electron chi connectivity index (χ0n) is 17.9. The van der Waals surface area contributed by atoms with E-state index in [4.69, 9.17) is 4.74 Å². The molecule has 8 heteroatoms. The van der Waals surface area contributed by atoms with Crippen molar-refractivity contribution in [2.45, 2.75) is 26.0 Å². The second-order valence-electron chi connectivity index (χ2n) is 6.90. The molecule has 0 radical (unpaired) electrons. The lowest BCUT2D eigenvalue weighted by Crippen LogP contribution is -2.38. The number of rotatable bonds is 9. The van der Waals surface area contributed by atoms with Gasteiger partial charge in [0.25, 0.3) is 0 Å². The smallest absolute Gasteiger partial charge is 0.219 e. The number of nitrogens with zero attached hydrogens (tertiary/aromatic N) is 2. The molecule has 6 nitrogen and oxygen atoms in total. The van der Waals surface area contributed by atoms with Crippen molar-refractivity contribution >= 4 is 29.9 Å². The molecule has 170 valence electrons. The van der Waals surface area contributed by atoms with Gasteiger partial charge in [0.1, 0.15) is 11.6 Å². The van der Waals surface area contributed by atoms with E-state index in [0.717, 1.165) is 17.7 Å². The minimum atomic E-state index is -0.519. The number of pyridine rings is 1. The van der Waals surface area contributed by atoms with Crippen LogP contribution in [0.3, 0.4) is 0 Å². The van der Waals surface area contributed by atoms with Gasteiger partial charge in [0.05, 0.1) is 12.6 Å². The minimum absolute atomic E-state index is 0. The van der Waals surface area contributed by atoms with Gasteiger partial charge in [-0.15, -0.1) is 24.0 Å². The van der Waals surface area contributed by atoms with Gasteiger partial charge in [-0.25, -0.2) is 14.4 Å². The third kappa shape index (κ3) is 8.43. The molecule has 1 unspecified atom stereocenters. The number of aliphatic imine (C=N–C) groups is 1. The van der Waals surface area contributed by atoms with Gasteiger partial charge in [-0.3, -0.25) is 0 Å². The number of benzene rings is 2. The molecule has 0 aliphatic carbocycles. The van der Waals surface area contributed by atoms with Crippen LogP contribution in [0.2, 0.25) is 0 Å². The molecule has 0 saturated carbocycles. The normalized spacial score (nSPS) is 11.9. The fourth-order valence-corrected chi connectivity index (χ4v) is 2.87. The van der Waals surface area contributed by atoms with Crippen LogP contribution in [0.4, 0.5) is 4.39 Å². The number of aliphatic hydroxyl groups is 1. The van der Waals surface area contributed by atoms with Gasteiger partial charge >= 0.3 is 0 Å². The van der Waals surface area contributed by atoms with Crippen LogP contribution in [0.5, 0.6) is 11.6 Å². The van der Waals surface area contributed by atoms with E-state index >= 15 is 0 Å². The Morgan fingerprint density at radius 1 is 1.06 bits per heavy atom. The van der Waals surface area contributed by atoms with Crippen molar-refractivity contribution < 1.29 is 14.2 Å². The third-order valence-corrected chi connectivity index (χ3v) is 4.49. The highest BCUT2D eigenvalue weighted by Crippen LogP contribution is 2.19. The molecule has 1 atom stereocenters. The quantitative estimate of drug-likeness (QED) is 0.203. The van der Waals surface area contributed by atoms with Gasteiger partial charge in [-0.2, -0.15) is 0 Å². The predicted octanol–water partition coefficient (Wildman–Crippen LogP) is 4.81. The number of aliphatic hydroxyl groups excluding tert-OH is 1. The van der Waals surface area contributed by atoms with Crippen molar-refractivity contribution in [1.29, 1.82) is 0 Å². The topological polar surface area (TPSA) is 78.8 Å². The molecular weight excluding hydrogens is 522 g/mol. The second kappa shape index (κ2) is 13.6. The average Bonchev–Trinajstić information content (AvgIpc) is 2.80. The molecule has 3 aromatic rings. The zero-order valence-corrected chi connectivity index (χ0v) is 20.2. The van der Waals surface area contributed by atoms with Gasteiger partial charge < -0.3 is 20.5 Å². The van der Waals surface area contributed by atoms with Gasteiger partial charge in [0.15, 0.2) is 5.96 Å². The SMILES string of the molecule is CCNC(=NCc1ccc(Oc2ccc(F)cc2)nc1)NCCC(O)c1ccccc1.I. The van der Waals surface area contributed by atoms with Crippen LogP contribution in [-0.2, 0) is 6.54 Å². The molecule has 2 aromatic carbocycles. The van der Waals surface area contributed by atoms with Crippen LogP contribution in [0.15, 0.2) is 77.9 Å². The molecular formula is C24H28FIN4O2. The van der Waals surface area contributed by atoms with Gasteiger partial charge in [0.2, 0.25) is 5.88 Å². The number of aromatic nitrogens is 1. The summed E-state index contributed by atoms with van der Waals surface area (Å²) >= 11 is 0. The molecule has 0 amide bonds. The van der Waals surface area contributed by atoms with E-state index in [-0.39, 0.29) is 29.8 Å². The first-order valence-electron chi connectivity index (χ1n) is 10.3. The van der Waals surface area contributed by atoms with Crippen LogP contribution < -0.4 is 15.4 Å². The summed E-state index contributed by atoms with van der Waals surface area (Å²) in [7, 11) is 0. The van der Waals surface area contributed by atoms with Crippen LogP contribution in [-0.4, -0.2) is 29.1 Å². The highest BCUT2D eigenvalue weighted by molar-refractivity contribution is 14.0. The molecule has 32 heavy (non-hydrogen) atoms. The van der Waals surface area contributed by atoms with E-state index in [1.165, 1.54) is 12.1 Å². The first-order chi connectivity index (χ1) is 15.1. The molecule has 0 spiro atoms. The Hall–Kier alpha value is -2.72. The van der Waals surface area contributed by atoms with E-state index in [0.29, 0.717) is 37.1 Å². The molecule has 3 rings (SSSR count). The summed E-state index contributed by atoms with van der Waals surface area (Å²) in [6, 6.07) is 19.0. The van der Waals surface area contributed by atoms with Crippen LogP contribution in [0.25, 0.3) is 0 Å². The summed E-state index contributed by atoms with van der Waals surface area (Å²) in [5.41, 5.74) is 1.83. The predicted molar refractivity (Wildman–Crippen MR) is 135 cm³/mol. The van der Waals surface area contributed by atoms with Crippen molar-refractivity contribution in [3.8, 4) is 11.6 Å². The lowest BCUT2D eigenvalue weighted by molar-refractivity contribution is 0.168. The van der Waals surface area contributed by atoms with E-state index in [2.05, 4.69) is 20.6 Å². The number of hydrogen-bond donors (Lipinski definition) is 3. The van der Waals surface area contributed by atoms with Crippen LogP contribution >= 0.6 is 24.0 Å². The van der Waals surface area contributed by atoms with Gasteiger partial charge in [-0.1, -0.05) is 36.4 Å². The Labute approximate surface area is 205 Å². The summed E-state index contributed by atoms with van der Waals surface area (Å²) in [4.78, 5) is 8.85. The van der Waals surface area contributed by atoms with Crippen molar-refractivity contribution in [3.63, 3.8) is 0 Å². The molecule has 1 aromatic heterocycles. The summed E-state index contributed by atoms with van der Waals surface area (Å²) in [6.07, 6.45) is 1.76. The Bertz CT molecular complexity index is 954. The van der Waals surface area contributed by atoms with Crippen molar-refractivity contribution in [2.24, 2.45) is 4.99 Å². The lowest BCUT2D eigenvalue weighted by atomic mass is 10.1. The van der Waals surface area contributed by atoms with E-state index in [1.54, 1.807) is 24.4 Å². The maximum atomic E-state index is 13.0. The Morgan fingerprint density at radius 3 is 2.47 bits per heavy atom. The summed E-state index contributed by atoms with van der Waals surface area (Å²) in [5.74, 6) is 1.32. The molecule has 0 bridgehead atoms. The molecule has 0 saturated heterocycles. The maximum Gasteiger partial charge on any atom is 0.219 e. The summed E-state index contributed by atoms with van der Waals surface area (Å²) in [5, 5.41) is 16.7. The largest absolute Gasteiger partial charge is 0.439 e. The van der Waals surface area contributed by atoms with Crippen LogP contribution in [0.1, 0.15) is 30.6 Å². The lowest BCUT2D eigenvalue weighted by Gasteiger charge is -2.14. The van der Waals surface area contributed by atoms with Crippen molar-refractivity contribution in [3.05, 3.63) is 89.9 Å². The average molecular weight is 550 g/mol. The Kier molecular flexibility index (Phi) is 10.9.